The highest BCUT2D eigenvalue weighted by Crippen LogP contribution is 2.33. The normalized spacial score (nSPS) is 17.8. The summed E-state index contributed by atoms with van der Waals surface area (Å²) >= 11 is 1.40. The molecule has 1 saturated heterocycles. The van der Waals surface area contributed by atoms with E-state index < -0.39 is 5.91 Å². The Hall–Kier alpha value is -2.74. The summed E-state index contributed by atoms with van der Waals surface area (Å²) < 4.78 is 0.997. The molecule has 0 aliphatic carbocycles. The first-order chi connectivity index (χ1) is 12.1. The highest BCUT2D eigenvalue weighted by molar-refractivity contribution is 7.20. The summed E-state index contributed by atoms with van der Waals surface area (Å²) in [4.78, 5) is 30.6. The van der Waals surface area contributed by atoms with Crippen LogP contribution in [-0.2, 0) is 0 Å². The van der Waals surface area contributed by atoms with E-state index >= 15 is 0 Å². The summed E-state index contributed by atoms with van der Waals surface area (Å²) in [6, 6.07) is 9.21. The zero-order valence-electron chi connectivity index (χ0n) is 13.4. The van der Waals surface area contributed by atoms with Crippen LogP contribution in [0.3, 0.4) is 0 Å². The zero-order valence-corrected chi connectivity index (χ0v) is 14.3. The summed E-state index contributed by atoms with van der Waals surface area (Å²) in [6.07, 6.45) is 2.78. The van der Waals surface area contributed by atoms with Crippen molar-refractivity contribution in [1.82, 2.24) is 20.1 Å². The van der Waals surface area contributed by atoms with E-state index in [9.17, 15) is 9.59 Å². The van der Waals surface area contributed by atoms with Gasteiger partial charge in [0.25, 0.3) is 11.8 Å². The molecule has 7 nitrogen and oxygen atoms in total. The maximum Gasteiger partial charge on any atom is 0.283 e. The van der Waals surface area contributed by atoms with Gasteiger partial charge < -0.3 is 10.6 Å². The molecule has 1 fully saturated rings. The van der Waals surface area contributed by atoms with E-state index in [2.05, 4.69) is 15.2 Å². The monoisotopic (exact) mass is 355 g/mol. The van der Waals surface area contributed by atoms with Crippen LogP contribution < -0.4 is 5.73 Å². The first kappa shape index (κ1) is 15.8. The van der Waals surface area contributed by atoms with Gasteiger partial charge in [-0.15, -0.1) is 11.3 Å². The molecule has 4 rings (SSSR count). The molecule has 2 aromatic heterocycles. The minimum atomic E-state index is -0.581. The number of hydrogen-bond acceptors (Lipinski definition) is 5. The number of benzene rings is 1. The number of nitrogens with zero attached hydrogens (tertiary/aromatic N) is 3. The Balaban J connectivity index is 1.65. The molecule has 8 heteroatoms. The number of carbonyl (C=O) groups is 2. The Kier molecular flexibility index (Phi) is 3.96. The number of carbonyl (C=O) groups excluding carboxylic acids is 2. The van der Waals surface area contributed by atoms with Crippen LogP contribution in [-0.4, -0.2) is 38.4 Å². The minimum absolute atomic E-state index is 0.0823. The van der Waals surface area contributed by atoms with E-state index in [1.165, 1.54) is 11.3 Å². The van der Waals surface area contributed by atoms with Crippen LogP contribution in [0.15, 0.2) is 30.3 Å². The van der Waals surface area contributed by atoms with E-state index in [4.69, 9.17) is 5.73 Å². The minimum Gasteiger partial charge on any atom is -0.364 e. The number of para-hydroxylation sites is 1. The summed E-state index contributed by atoms with van der Waals surface area (Å²) in [5.41, 5.74) is 7.04. The van der Waals surface area contributed by atoms with Crippen molar-refractivity contribution in [3.8, 4) is 0 Å². The van der Waals surface area contributed by atoms with E-state index in [1.807, 2.05) is 29.2 Å². The predicted octanol–water partition coefficient (Wildman–Crippen LogP) is 2.49. The molecule has 25 heavy (non-hydrogen) atoms. The van der Waals surface area contributed by atoms with Crippen LogP contribution in [0.4, 0.5) is 0 Å². The van der Waals surface area contributed by atoms with E-state index in [-0.39, 0.29) is 17.6 Å². The molecule has 1 atom stereocenters. The lowest BCUT2D eigenvalue weighted by atomic mass is 9.99. The van der Waals surface area contributed by atoms with Gasteiger partial charge in [0.15, 0.2) is 5.01 Å². The van der Waals surface area contributed by atoms with Crippen molar-refractivity contribution in [3.05, 3.63) is 46.7 Å². The molecule has 1 aromatic carbocycles. The van der Waals surface area contributed by atoms with Gasteiger partial charge in [0.2, 0.25) is 0 Å². The maximum atomic E-state index is 13.0. The smallest absolute Gasteiger partial charge is 0.283 e. The van der Waals surface area contributed by atoms with Gasteiger partial charge in [-0.05, 0) is 37.5 Å². The average Bonchev–Trinajstić information content (AvgIpc) is 3.28. The molecule has 1 unspecified atom stereocenters. The Bertz CT molecular complexity index is 914. The molecule has 3 aromatic rings. The number of piperidine rings is 1. The fourth-order valence-electron chi connectivity index (χ4n) is 3.22. The number of rotatable bonds is 3. The van der Waals surface area contributed by atoms with Crippen LogP contribution in [0, 0.1) is 0 Å². The average molecular weight is 355 g/mol. The number of aromatic amines is 1. The SMILES string of the molecule is NC(=O)c1cc(C2CCCCN2C(=O)c2nc3ccccc3s2)[nH]n1. The number of H-pyrrole nitrogens is 1. The number of primary amides is 1. The molecule has 0 radical (unpaired) electrons. The van der Waals surface area contributed by atoms with Crippen molar-refractivity contribution in [1.29, 1.82) is 0 Å². The van der Waals surface area contributed by atoms with Gasteiger partial charge in [-0.2, -0.15) is 5.10 Å². The van der Waals surface area contributed by atoms with E-state index in [0.717, 1.165) is 35.2 Å². The predicted molar refractivity (Wildman–Crippen MR) is 94.4 cm³/mol. The summed E-state index contributed by atoms with van der Waals surface area (Å²) in [6.45, 7) is 0.657. The molecule has 0 saturated carbocycles. The third-order valence-corrected chi connectivity index (χ3v) is 5.47. The molecular weight excluding hydrogens is 338 g/mol. The fraction of sp³-hybridized carbons (Fsp3) is 0.294. The van der Waals surface area contributed by atoms with Gasteiger partial charge in [0.05, 0.1) is 22.0 Å². The number of hydrogen-bond donors (Lipinski definition) is 2. The second-order valence-electron chi connectivity index (χ2n) is 6.07. The topological polar surface area (TPSA) is 105 Å². The van der Waals surface area contributed by atoms with Crippen molar-refractivity contribution >= 4 is 33.4 Å². The molecule has 0 bridgehead atoms. The first-order valence-electron chi connectivity index (χ1n) is 8.15. The van der Waals surface area contributed by atoms with Crippen molar-refractivity contribution in [2.45, 2.75) is 25.3 Å². The second-order valence-corrected chi connectivity index (χ2v) is 7.10. The van der Waals surface area contributed by atoms with Gasteiger partial charge in [-0.3, -0.25) is 14.7 Å². The number of aromatic nitrogens is 3. The zero-order chi connectivity index (χ0) is 17.4. The molecule has 3 N–H and O–H groups in total. The second kappa shape index (κ2) is 6.29. The van der Waals surface area contributed by atoms with Gasteiger partial charge in [-0.1, -0.05) is 12.1 Å². The molecule has 3 heterocycles. The molecule has 2 amide bonds. The number of amides is 2. The lowest BCUT2D eigenvalue weighted by Crippen LogP contribution is -2.38. The highest BCUT2D eigenvalue weighted by Gasteiger charge is 2.31. The fourth-order valence-corrected chi connectivity index (χ4v) is 4.14. The summed E-state index contributed by atoms with van der Waals surface area (Å²) in [5, 5.41) is 7.29. The highest BCUT2D eigenvalue weighted by atomic mass is 32.1. The van der Waals surface area contributed by atoms with Crippen LogP contribution in [0.2, 0.25) is 0 Å². The van der Waals surface area contributed by atoms with Gasteiger partial charge in [-0.25, -0.2) is 4.98 Å². The number of nitrogens with two attached hydrogens (primary N) is 1. The summed E-state index contributed by atoms with van der Waals surface area (Å²) in [7, 11) is 0. The lowest BCUT2D eigenvalue weighted by Gasteiger charge is -2.34. The number of likely N-dealkylation sites (tertiary alicyclic amines) is 1. The maximum absolute atomic E-state index is 13.0. The number of fused-ring (bicyclic) bond motifs is 1. The molecular formula is C17H17N5O2S. The van der Waals surface area contributed by atoms with Gasteiger partial charge in [0, 0.05) is 6.54 Å². The molecule has 1 aliphatic rings. The van der Waals surface area contributed by atoms with Crippen LogP contribution in [0.5, 0.6) is 0 Å². The largest absolute Gasteiger partial charge is 0.364 e. The van der Waals surface area contributed by atoms with E-state index in [0.29, 0.717) is 11.6 Å². The van der Waals surface area contributed by atoms with E-state index in [1.54, 1.807) is 6.07 Å². The van der Waals surface area contributed by atoms with Crippen molar-refractivity contribution < 1.29 is 9.59 Å². The Morgan fingerprint density at radius 1 is 1.28 bits per heavy atom. The first-order valence-corrected chi connectivity index (χ1v) is 8.97. The van der Waals surface area contributed by atoms with Gasteiger partial charge >= 0.3 is 0 Å². The van der Waals surface area contributed by atoms with Crippen molar-refractivity contribution in [2.24, 2.45) is 5.73 Å². The van der Waals surface area contributed by atoms with Crippen molar-refractivity contribution in [2.75, 3.05) is 6.54 Å². The number of thiazole rings is 1. The van der Waals surface area contributed by atoms with Gasteiger partial charge in [0.1, 0.15) is 5.69 Å². The third kappa shape index (κ3) is 2.89. The molecule has 0 spiro atoms. The quantitative estimate of drug-likeness (QED) is 0.753. The van der Waals surface area contributed by atoms with Crippen LogP contribution >= 0.6 is 11.3 Å². The molecule has 128 valence electrons. The lowest BCUT2D eigenvalue weighted by molar-refractivity contribution is 0.0606. The standard InChI is InChI=1S/C17H17N5O2S/c18-15(23)12-9-11(20-21-12)13-6-3-4-8-22(13)17(24)16-19-10-5-1-2-7-14(10)25-16/h1-2,5,7,9,13H,3-4,6,8H2,(H2,18,23)(H,20,21). The van der Waals surface area contributed by atoms with Crippen LogP contribution in [0.25, 0.3) is 10.2 Å². The Morgan fingerprint density at radius 2 is 2.12 bits per heavy atom. The van der Waals surface area contributed by atoms with Crippen LogP contribution in [0.1, 0.15) is 51.3 Å². The number of nitrogens with one attached hydrogen (secondary N) is 1. The summed E-state index contributed by atoms with van der Waals surface area (Å²) in [5.74, 6) is -0.663. The third-order valence-electron chi connectivity index (χ3n) is 4.45. The Labute approximate surface area is 147 Å². The molecule has 1 aliphatic heterocycles. The Morgan fingerprint density at radius 3 is 2.88 bits per heavy atom. The van der Waals surface area contributed by atoms with Crippen molar-refractivity contribution in [3.63, 3.8) is 0 Å².